The lowest BCUT2D eigenvalue weighted by atomic mass is 9.53. The van der Waals surface area contributed by atoms with E-state index in [0.717, 1.165) is 53.4 Å². The van der Waals surface area contributed by atoms with E-state index in [0.29, 0.717) is 11.7 Å². The summed E-state index contributed by atoms with van der Waals surface area (Å²) in [6.45, 7) is 11.9. The number of ketones is 1. The number of hydrogen-bond acceptors (Lipinski definition) is 3. The van der Waals surface area contributed by atoms with Crippen molar-refractivity contribution in [3.8, 4) is 0 Å². The fourth-order valence-corrected chi connectivity index (χ4v) is 12.0. The smallest absolute Gasteiger partial charge is 0.169 e. The van der Waals surface area contributed by atoms with Crippen molar-refractivity contribution >= 4 is 76.6 Å². The van der Waals surface area contributed by atoms with Gasteiger partial charge in [-0.25, -0.2) is 0 Å². The maximum Gasteiger partial charge on any atom is 0.169 e. The Morgan fingerprint density at radius 3 is 2.16 bits per heavy atom. The highest BCUT2D eigenvalue weighted by atomic mass is 16.3. The third-order valence-corrected chi connectivity index (χ3v) is 15.4. The molecule has 4 heterocycles. The standard InChI is InChI=1S/C46H42N2O2/c1-24(2)46-16-14-43(3,15-17-46)32-21-27-29-20-30-28-18-25-8-6-7-9-26(25)19-35(28)50-40(30)37-36-34(48(39(29)37)33(27)22-31(32)42(46)49)23-47-41-38(36)44(4)10-12-45(41,5)13-11-44/h6-9,18-24H,10-17H2,1-5H3. The summed E-state index contributed by atoms with van der Waals surface area (Å²) >= 11 is 0. The Morgan fingerprint density at radius 1 is 0.720 bits per heavy atom. The molecule has 8 aromatic rings. The van der Waals surface area contributed by atoms with Crippen LogP contribution in [0.15, 0.2) is 65.2 Å². The summed E-state index contributed by atoms with van der Waals surface area (Å²) in [7, 11) is 0. The molecule has 4 aromatic carbocycles. The van der Waals surface area contributed by atoms with E-state index in [4.69, 9.17) is 9.40 Å². The predicted molar refractivity (Wildman–Crippen MR) is 204 cm³/mol. The number of benzene rings is 4. The van der Waals surface area contributed by atoms with E-state index in [1.54, 1.807) is 0 Å². The Hall–Kier alpha value is -4.44. The molecule has 2 saturated carbocycles. The van der Waals surface area contributed by atoms with Crippen molar-refractivity contribution in [3.63, 3.8) is 0 Å². The van der Waals surface area contributed by atoms with Crippen molar-refractivity contribution in [1.29, 1.82) is 0 Å². The SMILES string of the molecule is CC(C)C12CCC(C)(CC1)c1cc3c4cc5c6cc7ccccc7cc6oc5c5c6c7c(ncc6n(c3cc1C2=O)c45)C1(C)CCC7(C)CC1. The lowest BCUT2D eigenvalue weighted by Crippen LogP contribution is -2.45. The number of carbonyl (C=O) groups excluding carboxylic acids is 1. The molecule has 0 atom stereocenters. The Balaban J connectivity index is 1.31. The summed E-state index contributed by atoms with van der Waals surface area (Å²) in [5.74, 6) is 0.690. The molecule has 0 unspecified atom stereocenters. The van der Waals surface area contributed by atoms with Crippen molar-refractivity contribution < 1.29 is 9.21 Å². The van der Waals surface area contributed by atoms with Crippen LogP contribution in [0, 0.1) is 11.3 Å². The Morgan fingerprint density at radius 2 is 1.42 bits per heavy atom. The molecule has 50 heavy (non-hydrogen) atoms. The first-order chi connectivity index (χ1) is 24.0. The van der Waals surface area contributed by atoms with Gasteiger partial charge in [-0.1, -0.05) is 58.9 Å². The second-order valence-electron chi connectivity index (χ2n) is 18.1. The maximum atomic E-state index is 14.8. The van der Waals surface area contributed by atoms with E-state index >= 15 is 0 Å². The lowest BCUT2D eigenvalue weighted by Gasteiger charge is -2.51. The van der Waals surface area contributed by atoms with Gasteiger partial charge in [0.25, 0.3) is 0 Å². The summed E-state index contributed by atoms with van der Waals surface area (Å²) in [4.78, 5) is 20.2. The first-order valence-corrected chi connectivity index (χ1v) is 19.0. The van der Waals surface area contributed by atoms with Crippen LogP contribution in [0.4, 0.5) is 0 Å². The quantitative estimate of drug-likeness (QED) is 0.177. The molecule has 6 aliphatic carbocycles. The highest BCUT2D eigenvalue weighted by molar-refractivity contribution is 6.34. The van der Waals surface area contributed by atoms with Gasteiger partial charge in [0.2, 0.25) is 0 Å². The summed E-state index contributed by atoms with van der Waals surface area (Å²) < 4.78 is 9.52. The van der Waals surface area contributed by atoms with Gasteiger partial charge >= 0.3 is 0 Å². The molecule has 4 bridgehead atoms. The maximum absolute atomic E-state index is 14.8. The molecule has 4 aromatic heterocycles. The minimum Gasteiger partial charge on any atom is -0.455 e. The Bertz CT molecular complexity index is 2860. The zero-order chi connectivity index (χ0) is 33.7. The van der Waals surface area contributed by atoms with Crippen molar-refractivity contribution in [2.75, 3.05) is 0 Å². The van der Waals surface area contributed by atoms with Crippen LogP contribution in [0.3, 0.4) is 0 Å². The zero-order valence-corrected chi connectivity index (χ0v) is 29.7. The van der Waals surface area contributed by atoms with Gasteiger partial charge in [0, 0.05) is 43.3 Å². The number of nitrogens with zero attached hydrogens (tertiary/aromatic N) is 2. The molecule has 14 rings (SSSR count). The van der Waals surface area contributed by atoms with Crippen LogP contribution < -0.4 is 0 Å². The topological polar surface area (TPSA) is 47.5 Å². The lowest BCUT2D eigenvalue weighted by molar-refractivity contribution is 0.0543. The minimum absolute atomic E-state index is 0.00258. The summed E-state index contributed by atoms with van der Waals surface area (Å²) in [5.41, 5.74) is 10.3. The Kier molecular flexibility index (Phi) is 4.82. The van der Waals surface area contributed by atoms with Crippen LogP contribution in [0.25, 0.3) is 70.8 Å². The zero-order valence-electron chi connectivity index (χ0n) is 29.7. The van der Waals surface area contributed by atoms with E-state index in [1.165, 1.54) is 91.1 Å². The van der Waals surface area contributed by atoms with Gasteiger partial charge < -0.3 is 8.82 Å². The van der Waals surface area contributed by atoms with Crippen LogP contribution in [-0.2, 0) is 16.2 Å². The van der Waals surface area contributed by atoms with E-state index in [-0.39, 0.29) is 21.7 Å². The van der Waals surface area contributed by atoms with Gasteiger partial charge in [0.15, 0.2) is 5.78 Å². The molecular weight excluding hydrogens is 613 g/mol. The number of furan rings is 1. The molecule has 248 valence electrons. The van der Waals surface area contributed by atoms with E-state index in [1.807, 2.05) is 0 Å². The molecule has 0 spiro atoms. The summed E-state index contributed by atoms with van der Waals surface area (Å²) in [6.07, 6.45) is 11.0. The van der Waals surface area contributed by atoms with Gasteiger partial charge in [-0.2, -0.15) is 0 Å². The third kappa shape index (κ3) is 3.02. The number of pyridine rings is 1. The van der Waals surface area contributed by atoms with Gasteiger partial charge in [-0.3, -0.25) is 9.78 Å². The van der Waals surface area contributed by atoms with Crippen LogP contribution in [-0.4, -0.2) is 15.2 Å². The highest BCUT2D eigenvalue weighted by Crippen LogP contribution is 2.61. The molecule has 4 heteroatoms. The largest absolute Gasteiger partial charge is 0.455 e. The fourth-order valence-electron chi connectivity index (χ4n) is 12.0. The van der Waals surface area contributed by atoms with Gasteiger partial charge in [-0.15, -0.1) is 0 Å². The van der Waals surface area contributed by atoms with E-state index in [2.05, 4.69) is 99.8 Å². The monoisotopic (exact) mass is 654 g/mol. The average molecular weight is 655 g/mol. The number of carbonyl (C=O) groups is 1. The molecule has 2 fully saturated rings. The second-order valence-corrected chi connectivity index (χ2v) is 18.1. The number of rotatable bonds is 1. The highest BCUT2D eigenvalue weighted by Gasteiger charge is 2.53. The molecule has 0 saturated heterocycles. The van der Waals surface area contributed by atoms with Crippen molar-refractivity contribution in [2.24, 2.45) is 11.3 Å². The summed E-state index contributed by atoms with van der Waals surface area (Å²) in [5, 5.41) is 9.84. The molecule has 6 aliphatic rings. The van der Waals surface area contributed by atoms with Gasteiger partial charge in [0.05, 0.1) is 33.8 Å². The van der Waals surface area contributed by atoms with Crippen molar-refractivity contribution in [2.45, 2.75) is 102 Å². The van der Waals surface area contributed by atoms with Crippen molar-refractivity contribution in [3.05, 3.63) is 83.2 Å². The predicted octanol–water partition coefficient (Wildman–Crippen LogP) is 12.1. The molecular formula is C46H42N2O2. The van der Waals surface area contributed by atoms with Crippen LogP contribution in [0.5, 0.6) is 0 Å². The van der Waals surface area contributed by atoms with Gasteiger partial charge in [0.1, 0.15) is 11.2 Å². The number of hydrogen-bond donors (Lipinski definition) is 0. The molecule has 0 amide bonds. The third-order valence-electron chi connectivity index (χ3n) is 15.4. The number of aromatic nitrogens is 2. The molecule has 4 nitrogen and oxygen atoms in total. The Labute approximate surface area is 291 Å². The minimum atomic E-state index is -0.274. The molecule has 0 N–H and O–H groups in total. The van der Waals surface area contributed by atoms with E-state index in [9.17, 15) is 4.79 Å². The fraction of sp³-hybridized carbons (Fsp3) is 0.391. The molecule has 0 aliphatic heterocycles. The van der Waals surface area contributed by atoms with Crippen molar-refractivity contribution in [1.82, 2.24) is 9.38 Å². The second kappa shape index (κ2) is 8.53. The van der Waals surface area contributed by atoms with Crippen LogP contribution in [0.2, 0.25) is 0 Å². The number of fused-ring (bicyclic) bond motifs is 15. The summed E-state index contributed by atoms with van der Waals surface area (Å²) in [6, 6.07) is 20.3. The van der Waals surface area contributed by atoms with Crippen LogP contribution >= 0.6 is 0 Å². The molecule has 0 radical (unpaired) electrons. The van der Waals surface area contributed by atoms with Crippen LogP contribution in [0.1, 0.15) is 113 Å². The normalized spacial score (nSPS) is 29.2. The van der Waals surface area contributed by atoms with E-state index < -0.39 is 0 Å². The first kappa shape index (κ1) is 28.3. The first-order valence-electron chi connectivity index (χ1n) is 19.0. The van der Waals surface area contributed by atoms with Gasteiger partial charge in [-0.05, 0) is 120 Å². The average Bonchev–Trinajstić information content (AvgIpc) is 3.73. The number of Topliss-reactive ketones (excluding diaryl/α,β-unsaturated/α-hetero) is 1.